The van der Waals surface area contributed by atoms with Crippen LogP contribution in [-0.2, 0) is 0 Å². The van der Waals surface area contributed by atoms with E-state index in [0.29, 0.717) is 23.2 Å². The van der Waals surface area contributed by atoms with E-state index >= 15 is 0 Å². The number of benzene rings is 1. The Morgan fingerprint density at radius 2 is 1.46 bits per heavy atom. The molecule has 0 spiro atoms. The number of hydrogen-bond acceptors (Lipinski definition) is 2. The summed E-state index contributed by atoms with van der Waals surface area (Å²) in [5.74, 6) is -1.01. The topological polar surface area (TPSA) is 70.2 Å². The molecule has 28 heavy (non-hydrogen) atoms. The number of carboxylic acids is 1. The van der Waals surface area contributed by atoms with Crippen molar-refractivity contribution in [3.8, 4) is 11.1 Å². The highest BCUT2D eigenvalue weighted by atomic mass is 16.4. The Bertz CT molecular complexity index is 762. The van der Waals surface area contributed by atoms with Crippen molar-refractivity contribution in [1.29, 1.82) is 0 Å². The number of carboxylic acid groups (broad SMARTS) is 1. The molecule has 1 aromatic heterocycles. The molecule has 1 aromatic carbocycles. The molecule has 0 saturated heterocycles. The van der Waals surface area contributed by atoms with Gasteiger partial charge in [-0.1, -0.05) is 88.6 Å². The van der Waals surface area contributed by atoms with Gasteiger partial charge in [0.1, 0.15) is 5.69 Å². The fraction of sp³-hybridized carbons (Fsp3) is 0.500. The number of H-pyrrole nitrogens is 1. The van der Waals surface area contributed by atoms with Crippen molar-refractivity contribution < 1.29 is 14.7 Å². The lowest BCUT2D eigenvalue weighted by atomic mass is 9.95. The van der Waals surface area contributed by atoms with E-state index < -0.39 is 5.97 Å². The van der Waals surface area contributed by atoms with E-state index in [1.54, 1.807) is 6.92 Å². The maximum absolute atomic E-state index is 12.9. The molecule has 4 heteroatoms. The minimum Gasteiger partial charge on any atom is -0.477 e. The minimum absolute atomic E-state index is 0.0306. The number of nitrogens with one attached hydrogen (secondary N) is 1. The number of rotatable bonds is 13. The predicted octanol–water partition coefficient (Wildman–Crippen LogP) is 6.79. The van der Waals surface area contributed by atoms with E-state index in [1.165, 1.54) is 38.5 Å². The van der Waals surface area contributed by atoms with Gasteiger partial charge < -0.3 is 10.1 Å². The first-order chi connectivity index (χ1) is 13.6. The van der Waals surface area contributed by atoms with Crippen LogP contribution in [0.25, 0.3) is 11.1 Å². The van der Waals surface area contributed by atoms with Crippen LogP contribution in [0.5, 0.6) is 0 Å². The van der Waals surface area contributed by atoms with E-state index in [-0.39, 0.29) is 11.5 Å². The van der Waals surface area contributed by atoms with Crippen LogP contribution in [0.2, 0.25) is 0 Å². The van der Waals surface area contributed by atoms with Crippen LogP contribution < -0.4 is 0 Å². The average molecular weight is 384 g/mol. The average Bonchev–Trinajstić information content (AvgIpc) is 3.05. The number of aromatic carboxylic acids is 1. The smallest absolute Gasteiger partial charge is 0.352 e. The molecule has 0 fully saturated rings. The summed E-state index contributed by atoms with van der Waals surface area (Å²) in [5.41, 5.74) is 2.55. The summed E-state index contributed by atoms with van der Waals surface area (Å²) in [4.78, 5) is 27.5. The molecule has 152 valence electrons. The van der Waals surface area contributed by atoms with Crippen molar-refractivity contribution in [2.45, 2.75) is 78.1 Å². The van der Waals surface area contributed by atoms with Gasteiger partial charge in [0.2, 0.25) is 0 Å². The lowest BCUT2D eigenvalue weighted by Crippen LogP contribution is -2.04. The fourth-order valence-corrected chi connectivity index (χ4v) is 3.75. The molecule has 2 aromatic rings. The Kier molecular flexibility index (Phi) is 8.99. The first kappa shape index (κ1) is 21.9. The minimum atomic E-state index is -1.04. The normalized spacial score (nSPS) is 10.9. The lowest BCUT2D eigenvalue weighted by Gasteiger charge is -2.07. The fourth-order valence-electron chi connectivity index (χ4n) is 3.75. The van der Waals surface area contributed by atoms with Gasteiger partial charge in [-0.2, -0.15) is 0 Å². The van der Waals surface area contributed by atoms with Crippen molar-refractivity contribution in [1.82, 2.24) is 4.98 Å². The number of hydrogen-bond donors (Lipinski definition) is 2. The SMILES string of the molecule is CCCCCCCCCCCC(=O)c1c(C)[nH]c(C(=O)O)c1-c1ccccc1. The summed E-state index contributed by atoms with van der Waals surface area (Å²) in [7, 11) is 0. The van der Waals surface area contributed by atoms with Crippen molar-refractivity contribution in [3.05, 3.63) is 47.3 Å². The third-order valence-corrected chi connectivity index (χ3v) is 5.25. The quantitative estimate of drug-likeness (QED) is 0.295. The third kappa shape index (κ3) is 6.08. The van der Waals surface area contributed by atoms with Gasteiger partial charge in [0.25, 0.3) is 0 Å². The van der Waals surface area contributed by atoms with E-state index in [4.69, 9.17) is 0 Å². The second-order valence-corrected chi connectivity index (χ2v) is 7.55. The largest absolute Gasteiger partial charge is 0.477 e. The molecule has 0 radical (unpaired) electrons. The first-order valence-corrected chi connectivity index (χ1v) is 10.6. The maximum atomic E-state index is 12.9. The van der Waals surface area contributed by atoms with Crippen LogP contribution in [0.15, 0.2) is 30.3 Å². The molecular weight excluding hydrogens is 350 g/mol. The maximum Gasteiger partial charge on any atom is 0.352 e. The molecule has 0 bridgehead atoms. The first-order valence-electron chi connectivity index (χ1n) is 10.6. The van der Waals surface area contributed by atoms with Gasteiger partial charge in [-0.05, 0) is 18.9 Å². The molecule has 0 aliphatic rings. The Balaban J connectivity index is 1.95. The third-order valence-electron chi connectivity index (χ3n) is 5.25. The van der Waals surface area contributed by atoms with Gasteiger partial charge in [-0.15, -0.1) is 0 Å². The molecule has 0 saturated carbocycles. The molecular formula is C24H33NO3. The van der Waals surface area contributed by atoms with Crippen LogP contribution in [0.1, 0.15) is 97.7 Å². The summed E-state index contributed by atoms with van der Waals surface area (Å²) in [5, 5.41) is 9.55. The second kappa shape index (κ2) is 11.5. The molecule has 2 N–H and O–H groups in total. The van der Waals surface area contributed by atoms with Gasteiger partial charge in [0.15, 0.2) is 5.78 Å². The van der Waals surface area contributed by atoms with E-state index in [9.17, 15) is 14.7 Å². The standard InChI is InChI=1S/C24H33NO3/c1-3-4-5-6-7-8-9-10-14-17-20(26)21-18(2)25-23(24(27)28)22(21)19-15-12-11-13-16-19/h11-13,15-16,25H,3-10,14,17H2,1-2H3,(H,27,28). The number of aromatic nitrogens is 1. The Morgan fingerprint density at radius 3 is 2.04 bits per heavy atom. The highest BCUT2D eigenvalue weighted by Gasteiger charge is 2.25. The highest BCUT2D eigenvalue weighted by Crippen LogP contribution is 2.31. The number of Topliss-reactive ketones (excluding diaryl/α,β-unsaturated/α-hetero) is 1. The van der Waals surface area contributed by atoms with Crippen molar-refractivity contribution in [2.24, 2.45) is 0 Å². The number of carbonyl (C=O) groups excluding carboxylic acids is 1. The summed E-state index contributed by atoms with van der Waals surface area (Å²) in [6, 6.07) is 9.30. The Hall–Kier alpha value is -2.36. The van der Waals surface area contributed by atoms with Crippen LogP contribution >= 0.6 is 0 Å². The number of carbonyl (C=O) groups is 2. The van der Waals surface area contributed by atoms with E-state index in [2.05, 4.69) is 11.9 Å². The molecule has 1 heterocycles. The lowest BCUT2D eigenvalue weighted by molar-refractivity contribution is 0.0692. The summed E-state index contributed by atoms with van der Waals surface area (Å²) in [6.45, 7) is 4.01. The van der Waals surface area contributed by atoms with Crippen molar-refractivity contribution in [2.75, 3.05) is 0 Å². The molecule has 0 unspecified atom stereocenters. The van der Waals surface area contributed by atoms with Gasteiger partial charge in [0.05, 0.1) is 0 Å². The van der Waals surface area contributed by atoms with E-state index in [1.807, 2.05) is 30.3 Å². The van der Waals surface area contributed by atoms with E-state index in [0.717, 1.165) is 24.8 Å². The van der Waals surface area contributed by atoms with Crippen LogP contribution in [-0.4, -0.2) is 21.8 Å². The summed E-state index contributed by atoms with van der Waals surface area (Å²) in [6.07, 6.45) is 11.3. The molecule has 0 aliphatic carbocycles. The summed E-state index contributed by atoms with van der Waals surface area (Å²) >= 11 is 0. The second-order valence-electron chi connectivity index (χ2n) is 7.55. The van der Waals surface area contributed by atoms with Gasteiger partial charge in [-0.3, -0.25) is 4.79 Å². The van der Waals surface area contributed by atoms with Crippen LogP contribution in [0, 0.1) is 6.92 Å². The zero-order valence-electron chi connectivity index (χ0n) is 17.2. The number of unbranched alkanes of at least 4 members (excludes halogenated alkanes) is 8. The zero-order chi connectivity index (χ0) is 20.4. The molecule has 0 atom stereocenters. The van der Waals surface area contributed by atoms with Gasteiger partial charge in [-0.25, -0.2) is 4.79 Å². The molecule has 0 aliphatic heterocycles. The summed E-state index contributed by atoms with van der Waals surface area (Å²) < 4.78 is 0. The molecule has 4 nitrogen and oxygen atoms in total. The van der Waals surface area contributed by atoms with Crippen molar-refractivity contribution >= 4 is 11.8 Å². The van der Waals surface area contributed by atoms with Gasteiger partial charge >= 0.3 is 5.97 Å². The Morgan fingerprint density at radius 1 is 0.893 bits per heavy atom. The monoisotopic (exact) mass is 383 g/mol. The molecule has 2 rings (SSSR count). The number of ketones is 1. The number of aromatic amines is 1. The van der Waals surface area contributed by atoms with Crippen LogP contribution in [0.4, 0.5) is 0 Å². The van der Waals surface area contributed by atoms with Crippen molar-refractivity contribution in [3.63, 3.8) is 0 Å². The Labute approximate surface area is 168 Å². The predicted molar refractivity (Wildman–Crippen MR) is 114 cm³/mol. The van der Waals surface area contributed by atoms with Crippen LogP contribution in [0.3, 0.4) is 0 Å². The zero-order valence-corrected chi connectivity index (χ0v) is 17.2. The molecule has 0 amide bonds. The highest BCUT2D eigenvalue weighted by molar-refractivity contribution is 6.08. The van der Waals surface area contributed by atoms with Gasteiger partial charge in [0, 0.05) is 23.2 Å². The number of aryl methyl sites for hydroxylation is 1.